The van der Waals surface area contributed by atoms with Gasteiger partial charge in [0, 0.05) is 19.3 Å². The third kappa shape index (κ3) is 62.4. The Morgan fingerprint density at radius 1 is 0.269 bits per heavy atom. The molecule has 0 aliphatic rings. The number of unbranched alkanes of at least 4 members (excludes halogenated alkanes) is 24. The molecule has 0 aromatic rings. The van der Waals surface area contributed by atoms with Gasteiger partial charge >= 0.3 is 17.9 Å². The van der Waals surface area contributed by atoms with Gasteiger partial charge in [-0.15, -0.1) is 0 Å². The first-order valence-electron chi connectivity index (χ1n) is 32.2. The molecule has 6 nitrogen and oxygen atoms in total. The summed E-state index contributed by atoms with van der Waals surface area (Å²) >= 11 is 0. The third-order valence-electron chi connectivity index (χ3n) is 13.4. The first-order valence-corrected chi connectivity index (χ1v) is 32.2. The fourth-order valence-corrected chi connectivity index (χ4v) is 8.66. The van der Waals surface area contributed by atoms with E-state index < -0.39 is 6.10 Å². The molecule has 0 aliphatic heterocycles. The van der Waals surface area contributed by atoms with Gasteiger partial charge in [-0.1, -0.05) is 289 Å². The average Bonchev–Trinajstić information content (AvgIpc) is 3.44. The van der Waals surface area contributed by atoms with Crippen molar-refractivity contribution in [2.45, 2.75) is 290 Å². The molecule has 0 saturated carbocycles. The zero-order chi connectivity index (χ0) is 56.4. The van der Waals surface area contributed by atoms with E-state index in [2.05, 4.69) is 154 Å². The van der Waals surface area contributed by atoms with Crippen LogP contribution in [-0.2, 0) is 28.6 Å². The number of esters is 3. The molecule has 0 saturated heterocycles. The number of hydrogen-bond acceptors (Lipinski definition) is 6. The van der Waals surface area contributed by atoms with Crippen LogP contribution in [0.4, 0.5) is 0 Å². The van der Waals surface area contributed by atoms with Crippen molar-refractivity contribution in [2.24, 2.45) is 0 Å². The normalized spacial score (nSPS) is 13.0. The zero-order valence-corrected chi connectivity index (χ0v) is 50.6. The van der Waals surface area contributed by atoms with Crippen LogP contribution in [0, 0.1) is 0 Å². The van der Waals surface area contributed by atoms with Crippen LogP contribution in [0.5, 0.6) is 0 Å². The van der Waals surface area contributed by atoms with Crippen LogP contribution in [0.1, 0.15) is 284 Å². The van der Waals surface area contributed by atoms with Crippen molar-refractivity contribution in [3.63, 3.8) is 0 Å². The minimum Gasteiger partial charge on any atom is -0.462 e. The fourth-order valence-electron chi connectivity index (χ4n) is 8.66. The largest absolute Gasteiger partial charge is 0.462 e. The Kier molecular flexibility index (Phi) is 61.4. The van der Waals surface area contributed by atoms with Crippen LogP contribution in [0.15, 0.2) is 134 Å². The second-order valence-electron chi connectivity index (χ2n) is 20.9. The lowest BCUT2D eigenvalue weighted by Gasteiger charge is -2.18. The molecular weight excluding hydrogens is 961 g/mol. The van der Waals surface area contributed by atoms with Crippen LogP contribution in [0.2, 0.25) is 0 Å². The van der Waals surface area contributed by atoms with Gasteiger partial charge in [-0.2, -0.15) is 0 Å². The van der Waals surface area contributed by atoms with Crippen molar-refractivity contribution in [3.8, 4) is 0 Å². The van der Waals surface area contributed by atoms with E-state index in [0.29, 0.717) is 19.3 Å². The van der Waals surface area contributed by atoms with Crippen molar-refractivity contribution < 1.29 is 28.6 Å². The highest BCUT2D eigenvalue weighted by Crippen LogP contribution is 2.16. The van der Waals surface area contributed by atoms with E-state index >= 15 is 0 Å². The first kappa shape index (κ1) is 73.5. The number of carbonyl (C=O) groups excluding carboxylic acids is 3. The fraction of sp³-hybridized carbons (Fsp3) is 0.653. The summed E-state index contributed by atoms with van der Waals surface area (Å²) in [6, 6.07) is 0. The summed E-state index contributed by atoms with van der Waals surface area (Å²) in [5.41, 5.74) is 0. The Morgan fingerprint density at radius 2 is 0.513 bits per heavy atom. The summed E-state index contributed by atoms with van der Waals surface area (Å²) in [6.07, 6.45) is 91.7. The van der Waals surface area contributed by atoms with Gasteiger partial charge in [0.1, 0.15) is 13.2 Å². The van der Waals surface area contributed by atoms with Gasteiger partial charge in [-0.05, 0) is 109 Å². The molecule has 1 atom stereocenters. The summed E-state index contributed by atoms with van der Waals surface area (Å²) < 4.78 is 16.9. The predicted molar refractivity (Wildman–Crippen MR) is 339 cm³/mol. The number of rotatable bonds is 57. The average molecular weight is 1080 g/mol. The second-order valence-corrected chi connectivity index (χ2v) is 20.9. The van der Waals surface area contributed by atoms with E-state index in [9.17, 15) is 14.4 Å². The Balaban J connectivity index is 4.51. The highest BCUT2D eigenvalue weighted by molar-refractivity contribution is 5.71. The number of ether oxygens (including phenoxy) is 3. The highest BCUT2D eigenvalue weighted by atomic mass is 16.6. The maximum Gasteiger partial charge on any atom is 0.306 e. The maximum absolute atomic E-state index is 12.9. The van der Waals surface area contributed by atoms with Gasteiger partial charge in [-0.25, -0.2) is 0 Å². The molecule has 0 bridgehead atoms. The summed E-state index contributed by atoms with van der Waals surface area (Å²) in [4.78, 5) is 38.3. The molecule has 442 valence electrons. The number of allylic oxidation sites excluding steroid dienone is 22. The van der Waals surface area contributed by atoms with Crippen molar-refractivity contribution in [3.05, 3.63) is 134 Å². The van der Waals surface area contributed by atoms with Crippen molar-refractivity contribution in [1.82, 2.24) is 0 Å². The molecule has 0 radical (unpaired) electrons. The van der Waals surface area contributed by atoms with Gasteiger partial charge in [0.15, 0.2) is 6.10 Å². The van der Waals surface area contributed by atoms with Crippen LogP contribution in [0.3, 0.4) is 0 Å². The van der Waals surface area contributed by atoms with E-state index in [1.165, 1.54) is 109 Å². The predicted octanol–water partition coefficient (Wildman–Crippen LogP) is 22.2. The summed E-state index contributed by atoms with van der Waals surface area (Å²) in [5, 5.41) is 0. The summed E-state index contributed by atoms with van der Waals surface area (Å²) in [6.45, 7) is 6.36. The van der Waals surface area contributed by atoms with Gasteiger partial charge in [-0.3, -0.25) is 14.4 Å². The Bertz CT molecular complexity index is 1670. The lowest BCUT2D eigenvalue weighted by atomic mass is 10.0. The molecular formula is C72H118O6. The molecule has 0 aliphatic carbocycles. The summed E-state index contributed by atoms with van der Waals surface area (Å²) in [5.74, 6) is -0.988. The quantitative estimate of drug-likeness (QED) is 0.0261. The standard InChI is InChI=1S/C72H118O6/c1-4-7-10-13-16-19-22-25-28-31-33-35-36-37-39-41-44-47-50-53-56-59-62-65-71(74)77-68-69(67-76-70(73)64-61-58-55-52-49-46-43-40-30-27-24-21-18-15-12-9-6-3)78-72(75)66-63-60-57-54-51-48-45-42-38-34-32-29-26-23-20-17-14-11-8-5-2/h7,9-10,12,16,18-19,21,25,27-28,30,33,35,37,39,43-44,46-47,53,56,69H,4-6,8,11,13-15,17,20,22-24,26,29,31-32,34,36,38,40-42,45,48-52,54-55,57-68H2,1-3H3/b10-7-,12-9-,19-16-,21-18-,28-25-,30-27-,35-33-,39-37-,46-43-,47-44-,56-53-. The zero-order valence-electron chi connectivity index (χ0n) is 50.6. The van der Waals surface area contributed by atoms with E-state index in [-0.39, 0.29) is 37.5 Å². The van der Waals surface area contributed by atoms with Gasteiger partial charge in [0.05, 0.1) is 0 Å². The maximum atomic E-state index is 12.9. The topological polar surface area (TPSA) is 78.9 Å². The van der Waals surface area contributed by atoms with E-state index in [1.807, 2.05) is 0 Å². The van der Waals surface area contributed by atoms with Crippen molar-refractivity contribution in [1.29, 1.82) is 0 Å². The molecule has 0 spiro atoms. The molecule has 0 N–H and O–H groups in total. The molecule has 6 heteroatoms. The van der Waals surface area contributed by atoms with E-state index in [1.54, 1.807) is 0 Å². The van der Waals surface area contributed by atoms with Crippen molar-refractivity contribution in [2.75, 3.05) is 13.2 Å². The molecule has 0 aromatic carbocycles. The molecule has 1 unspecified atom stereocenters. The minimum absolute atomic E-state index is 0.111. The highest BCUT2D eigenvalue weighted by Gasteiger charge is 2.19. The molecule has 0 amide bonds. The Hall–Kier alpha value is -4.45. The van der Waals surface area contributed by atoms with Crippen LogP contribution in [-0.4, -0.2) is 37.2 Å². The summed E-state index contributed by atoms with van der Waals surface area (Å²) in [7, 11) is 0. The lowest BCUT2D eigenvalue weighted by Crippen LogP contribution is -2.30. The Morgan fingerprint density at radius 3 is 0.833 bits per heavy atom. The molecule has 0 rings (SSSR count). The monoisotopic (exact) mass is 1080 g/mol. The van der Waals surface area contributed by atoms with Crippen LogP contribution >= 0.6 is 0 Å². The van der Waals surface area contributed by atoms with Crippen LogP contribution < -0.4 is 0 Å². The van der Waals surface area contributed by atoms with Gasteiger partial charge in [0.2, 0.25) is 0 Å². The number of hydrogen-bond donors (Lipinski definition) is 0. The smallest absolute Gasteiger partial charge is 0.306 e. The SMILES string of the molecule is CC/C=C\C/C=C\C/C=C\C/C=C\C/C=C\C/C=C\C/C=C\CCCC(=O)OCC(COC(=O)CCCCCC/C=C\C/C=C\C/C=C\C/C=C\CC)OC(=O)CCCCCCCCCCCCCCCCCCCCCC. The minimum atomic E-state index is -0.817. The number of carbonyl (C=O) groups is 3. The van der Waals surface area contributed by atoms with Gasteiger partial charge < -0.3 is 14.2 Å². The first-order chi connectivity index (χ1) is 38.5. The molecule has 0 heterocycles. The lowest BCUT2D eigenvalue weighted by molar-refractivity contribution is -0.167. The van der Waals surface area contributed by atoms with Gasteiger partial charge in [0.25, 0.3) is 0 Å². The second kappa shape index (κ2) is 65.1. The Labute approximate surface area is 481 Å². The van der Waals surface area contributed by atoms with Crippen LogP contribution in [0.25, 0.3) is 0 Å². The van der Waals surface area contributed by atoms with E-state index in [4.69, 9.17) is 14.2 Å². The molecule has 0 fully saturated rings. The van der Waals surface area contributed by atoms with E-state index in [0.717, 1.165) is 128 Å². The molecule has 78 heavy (non-hydrogen) atoms. The molecule has 0 aromatic heterocycles. The third-order valence-corrected chi connectivity index (χ3v) is 13.4. The van der Waals surface area contributed by atoms with Crippen molar-refractivity contribution >= 4 is 17.9 Å².